The van der Waals surface area contributed by atoms with Crippen LogP contribution in [0.2, 0.25) is 5.15 Å². The van der Waals surface area contributed by atoms with Crippen LogP contribution >= 0.6 is 11.6 Å². The van der Waals surface area contributed by atoms with E-state index in [1.54, 1.807) is 18.3 Å². The third-order valence-electron chi connectivity index (χ3n) is 2.29. The number of halogens is 1. The van der Waals surface area contributed by atoms with E-state index in [0.717, 1.165) is 5.56 Å². The Bertz CT molecular complexity index is 404. The lowest BCUT2D eigenvalue weighted by molar-refractivity contribution is -0.139. The monoisotopic (exact) mass is 224 g/mol. The standard InChI is InChI=1S/C10H9ClN2O2/c11-8-5-7(3-4-12-8)6-13-9(14)1-2-10(13)15/h3-5H,1-2,6H2. The van der Waals surface area contributed by atoms with E-state index >= 15 is 0 Å². The SMILES string of the molecule is O=C1CCC(=O)N1Cc1ccnc(Cl)c1. The Labute approximate surface area is 91.9 Å². The minimum atomic E-state index is -0.118. The summed E-state index contributed by atoms with van der Waals surface area (Å²) in [5.74, 6) is -0.235. The van der Waals surface area contributed by atoms with Gasteiger partial charge in [0.25, 0.3) is 0 Å². The molecule has 2 heterocycles. The van der Waals surface area contributed by atoms with Crippen LogP contribution in [-0.4, -0.2) is 21.7 Å². The van der Waals surface area contributed by atoms with Crippen LogP contribution in [-0.2, 0) is 16.1 Å². The van der Waals surface area contributed by atoms with E-state index in [4.69, 9.17) is 11.6 Å². The zero-order valence-corrected chi connectivity index (χ0v) is 8.70. The zero-order valence-electron chi connectivity index (χ0n) is 7.94. The number of carbonyl (C=O) groups excluding carboxylic acids is 2. The van der Waals surface area contributed by atoms with Crippen molar-refractivity contribution in [3.05, 3.63) is 29.0 Å². The van der Waals surface area contributed by atoms with Crippen LogP contribution in [0.25, 0.3) is 0 Å². The van der Waals surface area contributed by atoms with Crippen molar-refractivity contribution in [1.29, 1.82) is 0 Å². The fourth-order valence-corrected chi connectivity index (χ4v) is 1.72. The highest BCUT2D eigenvalue weighted by Crippen LogP contribution is 2.16. The molecule has 0 spiro atoms. The quantitative estimate of drug-likeness (QED) is 0.563. The van der Waals surface area contributed by atoms with Gasteiger partial charge in [0.1, 0.15) is 5.15 Å². The fourth-order valence-electron chi connectivity index (χ4n) is 1.52. The number of carbonyl (C=O) groups is 2. The van der Waals surface area contributed by atoms with Gasteiger partial charge in [0.15, 0.2) is 0 Å². The highest BCUT2D eigenvalue weighted by atomic mass is 35.5. The van der Waals surface area contributed by atoms with Crippen LogP contribution < -0.4 is 0 Å². The number of hydrogen-bond donors (Lipinski definition) is 0. The number of imide groups is 1. The van der Waals surface area contributed by atoms with Crippen LogP contribution in [0, 0.1) is 0 Å². The maximum atomic E-state index is 11.3. The molecule has 15 heavy (non-hydrogen) atoms. The number of aromatic nitrogens is 1. The lowest BCUT2D eigenvalue weighted by atomic mass is 10.2. The first-order valence-electron chi connectivity index (χ1n) is 4.60. The average Bonchev–Trinajstić information content (AvgIpc) is 2.50. The summed E-state index contributed by atoms with van der Waals surface area (Å²) in [6.45, 7) is 0.292. The largest absolute Gasteiger partial charge is 0.278 e. The van der Waals surface area contributed by atoms with Crippen LogP contribution in [0.1, 0.15) is 18.4 Å². The summed E-state index contributed by atoms with van der Waals surface area (Å²) < 4.78 is 0. The van der Waals surface area contributed by atoms with Crippen molar-refractivity contribution in [3.63, 3.8) is 0 Å². The minimum Gasteiger partial charge on any atom is -0.278 e. The zero-order chi connectivity index (χ0) is 10.8. The van der Waals surface area contributed by atoms with E-state index in [2.05, 4.69) is 4.98 Å². The first kappa shape index (κ1) is 10.1. The predicted molar refractivity (Wildman–Crippen MR) is 54.0 cm³/mol. The number of amides is 2. The molecule has 5 heteroatoms. The second kappa shape index (κ2) is 3.98. The molecule has 1 saturated heterocycles. The molecule has 0 unspecified atom stereocenters. The van der Waals surface area contributed by atoms with Crippen molar-refractivity contribution in [2.75, 3.05) is 0 Å². The van der Waals surface area contributed by atoms with Gasteiger partial charge in [-0.1, -0.05) is 11.6 Å². The van der Waals surface area contributed by atoms with Crippen molar-refractivity contribution in [1.82, 2.24) is 9.88 Å². The van der Waals surface area contributed by atoms with Crippen molar-refractivity contribution in [3.8, 4) is 0 Å². The maximum absolute atomic E-state index is 11.3. The Morgan fingerprint density at radius 1 is 1.33 bits per heavy atom. The molecule has 1 aliphatic rings. The molecule has 1 aromatic heterocycles. The van der Waals surface area contributed by atoms with Gasteiger partial charge < -0.3 is 0 Å². The molecule has 4 nitrogen and oxygen atoms in total. The number of nitrogens with zero attached hydrogens (tertiary/aromatic N) is 2. The fraction of sp³-hybridized carbons (Fsp3) is 0.300. The van der Waals surface area contributed by atoms with Gasteiger partial charge in [-0.3, -0.25) is 14.5 Å². The van der Waals surface area contributed by atoms with E-state index in [0.29, 0.717) is 24.5 Å². The lowest BCUT2D eigenvalue weighted by Crippen LogP contribution is -2.28. The lowest BCUT2D eigenvalue weighted by Gasteiger charge is -2.13. The normalized spacial score (nSPS) is 16.2. The summed E-state index contributed by atoms with van der Waals surface area (Å²) >= 11 is 5.70. The second-order valence-electron chi connectivity index (χ2n) is 3.36. The molecule has 78 valence electrons. The second-order valence-corrected chi connectivity index (χ2v) is 3.75. The summed E-state index contributed by atoms with van der Waals surface area (Å²) in [5, 5.41) is 0.367. The van der Waals surface area contributed by atoms with E-state index in [1.165, 1.54) is 4.90 Å². The molecule has 1 aromatic rings. The molecule has 0 aliphatic carbocycles. The van der Waals surface area contributed by atoms with Gasteiger partial charge in [0.2, 0.25) is 11.8 Å². The van der Waals surface area contributed by atoms with Gasteiger partial charge in [-0.15, -0.1) is 0 Å². The van der Waals surface area contributed by atoms with Gasteiger partial charge in [0, 0.05) is 19.0 Å². The van der Waals surface area contributed by atoms with Gasteiger partial charge in [-0.2, -0.15) is 0 Å². The molecule has 0 atom stereocenters. The third kappa shape index (κ3) is 2.15. The van der Waals surface area contributed by atoms with Crippen molar-refractivity contribution in [2.24, 2.45) is 0 Å². The number of rotatable bonds is 2. The number of likely N-dealkylation sites (tertiary alicyclic amines) is 1. The smallest absolute Gasteiger partial charge is 0.229 e. The molecule has 0 N–H and O–H groups in total. The molecule has 2 rings (SSSR count). The molecule has 2 amide bonds. The summed E-state index contributed by atoms with van der Waals surface area (Å²) in [6, 6.07) is 3.39. The molecular formula is C10H9ClN2O2. The molecule has 0 radical (unpaired) electrons. The van der Waals surface area contributed by atoms with Crippen LogP contribution in [0.3, 0.4) is 0 Å². The molecular weight excluding hydrogens is 216 g/mol. The predicted octanol–water partition coefficient (Wildman–Crippen LogP) is 1.38. The first-order valence-corrected chi connectivity index (χ1v) is 4.98. The van der Waals surface area contributed by atoms with Crippen molar-refractivity contribution < 1.29 is 9.59 Å². The first-order chi connectivity index (χ1) is 7.16. The van der Waals surface area contributed by atoms with Crippen LogP contribution in [0.4, 0.5) is 0 Å². The average molecular weight is 225 g/mol. The van der Waals surface area contributed by atoms with Gasteiger partial charge >= 0.3 is 0 Å². The number of pyridine rings is 1. The summed E-state index contributed by atoms with van der Waals surface area (Å²) in [4.78, 5) is 27.7. The molecule has 1 aliphatic heterocycles. The Hall–Kier alpha value is -1.42. The summed E-state index contributed by atoms with van der Waals surface area (Å²) in [5.41, 5.74) is 0.818. The molecule has 0 aromatic carbocycles. The van der Waals surface area contributed by atoms with Gasteiger partial charge in [0.05, 0.1) is 6.54 Å². The number of hydrogen-bond acceptors (Lipinski definition) is 3. The minimum absolute atomic E-state index is 0.118. The molecule has 0 bridgehead atoms. The molecule has 1 fully saturated rings. The van der Waals surface area contributed by atoms with E-state index in [1.807, 2.05) is 0 Å². The molecule has 0 saturated carbocycles. The van der Waals surface area contributed by atoms with Gasteiger partial charge in [-0.25, -0.2) is 4.98 Å². The maximum Gasteiger partial charge on any atom is 0.229 e. The van der Waals surface area contributed by atoms with E-state index in [-0.39, 0.29) is 11.8 Å². The Morgan fingerprint density at radius 3 is 2.60 bits per heavy atom. The highest BCUT2D eigenvalue weighted by Gasteiger charge is 2.28. The van der Waals surface area contributed by atoms with Crippen molar-refractivity contribution in [2.45, 2.75) is 19.4 Å². The van der Waals surface area contributed by atoms with E-state index < -0.39 is 0 Å². The van der Waals surface area contributed by atoms with Crippen LogP contribution in [0.15, 0.2) is 18.3 Å². The third-order valence-corrected chi connectivity index (χ3v) is 2.49. The Kier molecular flexibility index (Phi) is 2.68. The summed E-state index contributed by atoms with van der Waals surface area (Å²) in [6.07, 6.45) is 2.19. The van der Waals surface area contributed by atoms with Crippen LogP contribution in [0.5, 0.6) is 0 Å². The van der Waals surface area contributed by atoms with Gasteiger partial charge in [-0.05, 0) is 17.7 Å². The topological polar surface area (TPSA) is 50.3 Å². The Balaban J connectivity index is 2.15. The summed E-state index contributed by atoms with van der Waals surface area (Å²) in [7, 11) is 0. The Morgan fingerprint density at radius 2 is 2.00 bits per heavy atom. The van der Waals surface area contributed by atoms with E-state index in [9.17, 15) is 9.59 Å². The van der Waals surface area contributed by atoms with Crippen molar-refractivity contribution >= 4 is 23.4 Å². The highest BCUT2D eigenvalue weighted by molar-refractivity contribution is 6.29.